The number of halogens is 3. The summed E-state index contributed by atoms with van der Waals surface area (Å²) >= 11 is 0. The van der Waals surface area contributed by atoms with Gasteiger partial charge in [0.05, 0.1) is 7.11 Å². The Balaban J connectivity index is 2.32. The van der Waals surface area contributed by atoms with Gasteiger partial charge in [0.2, 0.25) is 10.0 Å². The smallest absolute Gasteiger partial charge is 0.405 e. The molecule has 1 saturated heterocycles. The van der Waals surface area contributed by atoms with E-state index in [0.717, 1.165) is 31.7 Å². The summed E-state index contributed by atoms with van der Waals surface area (Å²) in [6.45, 7) is -0.780. The van der Waals surface area contributed by atoms with Gasteiger partial charge in [-0.2, -0.15) is 17.5 Å². The Kier molecular flexibility index (Phi) is 6.51. The van der Waals surface area contributed by atoms with Crippen LogP contribution >= 0.6 is 0 Å². The maximum absolute atomic E-state index is 12.9. The standard InChI is InChI=1S/C16H21F3N2O4S/c1-25-13-7-6-12(15(22)20-11-16(17,18)19)10-14(13)26(23,24)21-8-4-2-3-5-9-21/h6-7,10H,2-5,8-9,11H2,1H3,(H,20,22). The van der Waals surface area contributed by atoms with Crippen LogP contribution in [0.2, 0.25) is 0 Å². The number of hydrogen-bond acceptors (Lipinski definition) is 4. The molecule has 1 aromatic carbocycles. The lowest BCUT2D eigenvalue weighted by Crippen LogP contribution is -2.34. The molecule has 0 unspecified atom stereocenters. The van der Waals surface area contributed by atoms with Gasteiger partial charge in [-0.25, -0.2) is 8.42 Å². The zero-order valence-corrected chi connectivity index (χ0v) is 15.1. The Morgan fingerprint density at radius 3 is 2.35 bits per heavy atom. The van der Waals surface area contributed by atoms with E-state index >= 15 is 0 Å². The van der Waals surface area contributed by atoms with E-state index in [4.69, 9.17) is 4.74 Å². The van der Waals surface area contributed by atoms with Crippen LogP contribution in [0.25, 0.3) is 0 Å². The fourth-order valence-electron chi connectivity index (χ4n) is 2.72. The first-order valence-electron chi connectivity index (χ1n) is 8.18. The van der Waals surface area contributed by atoms with Gasteiger partial charge < -0.3 is 10.1 Å². The molecule has 146 valence electrons. The summed E-state index contributed by atoms with van der Waals surface area (Å²) in [7, 11) is -2.63. The van der Waals surface area contributed by atoms with Crippen LogP contribution in [-0.2, 0) is 10.0 Å². The van der Waals surface area contributed by atoms with Crippen LogP contribution in [0, 0.1) is 0 Å². The molecule has 10 heteroatoms. The van der Waals surface area contributed by atoms with E-state index in [1.807, 2.05) is 0 Å². The maximum Gasteiger partial charge on any atom is 0.405 e. The normalized spacial score (nSPS) is 16.8. The van der Waals surface area contributed by atoms with Crippen molar-refractivity contribution in [3.05, 3.63) is 23.8 Å². The van der Waals surface area contributed by atoms with Crippen molar-refractivity contribution in [2.24, 2.45) is 0 Å². The number of sulfonamides is 1. The molecule has 0 saturated carbocycles. The quantitative estimate of drug-likeness (QED) is 0.833. The number of amides is 1. The average Bonchev–Trinajstić information content (AvgIpc) is 2.88. The SMILES string of the molecule is COc1ccc(C(=O)NCC(F)(F)F)cc1S(=O)(=O)N1CCCCCC1. The predicted octanol–water partition coefficient (Wildman–Crippen LogP) is 2.55. The van der Waals surface area contributed by atoms with Gasteiger partial charge in [0.1, 0.15) is 17.2 Å². The predicted molar refractivity (Wildman–Crippen MR) is 88.6 cm³/mol. The molecule has 0 atom stereocenters. The molecule has 1 aliphatic heterocycles. The molecule has 1 amide bonds. The van der Waals surface area contributed by atoms with E-state index in [9.17, 15) is 26.4 Å². The van der Waals surface area contributed by atoms with Gasteiger partial charge >= 0.3 is 6.18 Å². The highest BCUT2D eigenvalue weighted by Gasteiger charge is 2.30. The number of nitrogens with zero attached hydrogens (tertiary/aromatic N) is 1. The van der Waals surface area contributed by atoms with Gasteiger partial charge in [0.15, 0.2) is 0 Å². The molecule has 0 bridgehead atoms. The van der Waals surface area contributed by atoms with Crippen molar-refractivity contribution in [1.82, 2.24) is 9.62 Å². The first-order valence-corrected chi connectivity index (χ1v) is 9.62. The summed E-state index contributed by atoms with van der Waals surface area (Å²) in [5.41, 5.74) is -0.177. The monoisotopic (exact) mass is 394 g/mol. The Bertz CT molecular complexity index is 742. The van der Waals surface area contributed by atoms with Gasteiger partial charge in [-0.05, 0) is 31.0 Å². The summed E-state index contributed by atoms with van der Waals surface area (Å²) in [6.07, 6.45) is -1.23. The Morgan fingerprint density at radius 1 is 1.19 bits per heavy atom. The fraction of sp³-hybridized carbons (Fsp3) is 0.562. The number of benzene rings is 1. The molecule has 0 aliphatic carbocycles. The minimum atomic E-state index is -4.55. The Labute approximate surface area is 150 Å². The summed E-state index contributed by atoms with van der Waals surface area (Å²) in [5, 5.41) is 1.73. The molecule has 1 heterocycles. The van der Waals surface area contributed by atoms with Crippen molar-refractivity contribution < 1.29 is 31.1 Å². The highest BCUT2D eigenvalue weighted by Crippen LogP contribution is 2.29. The highest BCUT2D eigenvalue weighted by atomic mass is 32.2. The zero-order chi connectivity index (χ0) is 19.4. The molecule has 0 spiro atoms. The second kappa shape index (κ2) is 8.26. The molecule has 1 aliphatic rings. The van der Waals surface area contributed by atoms with Gasteiger partial charge in [-0.1, -0.05) is 12.8 Å². The first kappa shape index (κ1) is 20.5. The van der Waals surface area contributed by atoms with E-state index < -0.39 is 28.7 Å². The lowest BCUT2D eigenvalue weighted by molar-refractivity contribution is -0.123. The number of alkyl halides is 3. The molecular weight excluding hydrogens is 373 g/mol. The largest absolute Gasteiger partial charge is 0.495 e. The molecule has 26 heavy (non-hydrogen) atoms. The first-order chi connectivity index (χ1) is 12.1. The van der Waals surface area contributed by atoms with E-state index in [-0.39, 0.29) is 16.2 Å². The fourth-order valence-corrected chi connectivity index (χ4v) is 4.42. The molecule has 0 radical (unpaired) electrons. The van der Waals surface area contributed by atoms with Crippen molar-refractivity contribution in [1.29, 1.82) is 0 Å². The van der Waals surface area contributed by atoms with E-state index in [2.05, 4.69) is 0 Å². The third-order valence-electron chi connectivity index (χ3n) is 4.06. The van der Waals surface area contributed by atoms with E-state index in [1.165, 1.54) is 23.5 Å². The Hall–Kier alpha value is -1.81. The van der Waals surface area contributed by atoms with Gasteiger partial charge in [-0.15, -0.1) is 0 Å². The van der Waals surface area contributed by atoms with Gasteiger partial charge in [0, 0.05) is 18.7 Å². The maximum atomic E-state index is 12.9. The third kappa shape index (κ3) is 5.10. The second-order valence-electron chi connectivity index (χ2n) is 5.98. The van der Waals surface area contributed by atoms with Crippen LogP contribution in [0.1, 0.15) is 36.0 Å². The summed E-state index contributed by atoms with van der Waals surface area (Å²) in [5.74, 6) is -0.959. The molecule has 2 rings (SSSR count). The van der Waals surface area contributed by atoms with Crippen molar-refractivity contribution in [3.8, 4) is 5.75 Å². The van der Waals surface area contributed by atoms with Crippen LogP contribution in [0.3, 0.4) is 0 Å². The minimum absolute atomic E-state index is 0.0432. The molecule has 1 aromatic rings. The number of nitrogens with one attached hydrogen (secondary N) is 1. The summed E-state index contributed by atoms with van der Waals surface area (Å²) in [6, 6.07) is 3.56. The van der Waals surface area contributed by atoms with E-state index in [1.54, 1.807) is 5.32 Å². The van der Waals surface area contributed by atoms with Crippen molar-refractivity contribution in [2.75, 3.05) is 26.7 Å². The van der Waals surface area contributed by atoms with Crippen LogP contribution < -0.4 is 10.1 Å². The molecule has 1 N–H and O–H groups in total. The number of methoxy groups -OCH3 is 1. The number of ether oxygens (including phenoxy) is 1. The minimum Gasteiger partial charge on any atom is -0.495 e. The van der Waals surface area contributed by atoms with Crippen molar-refractivity contribution in [2.45, 2.75) is 36.8 Å². The van der Waals surface area contributed by atoms with Crippen LogP contribution in [0.15, 0.2) is 23.1 Å². The average molecular weight is 394 g/mol. The number of carbonyl (C=O) groups excluding carboxylic acids is 1. The molecule has 1 fully saturated rings. The van der Waals surface area contributed by atoms with Crippen LogP contribution in [0.4, 0.5) is 13.2 Å². The van der Waals surface area contributed by atoms with Crippen LogP contribution in [-0.4, -0.2) is 51.6 Å². The number of hydrogen-bond donors (Lipinski definition) is 1. The summed E-state index contributed by atoms with van der Waals surface area (Å²) < 4.78 is 69.1. The molecular formula is C16H21F3N2O4S. The topological polar surface area (TPSA) is 75.7 Å². The zero-order valence-electron chi connectivity index (χ0n) is 14.3. The number of carbonyl (C=O) groups is 1. The van der Waals surface area contributed by atoms with Crippen molar-refractivity contribution in [3.63, 3.8) is 0 Å². The third-order valence-corrected chi connectivity index (χ3v) is 5.98. The van der Waals surface area contributed by atoms with Gasteiger partial charge in [-0.3, -0.25) is 4.79 Å². The second-order valence-corrected chi connectivity index (χ2v) is 7.89. The van der Waals surface area contributed by atoms with E-state index in [0.29, 0.717) is 13.1 Å². The number of rotatable bonds is 5. The molecule has 0 aromatic heterocycles. The van der Waals surface area contributed by atoms with Crippen LogP contribution in [0.5, 0.6) is 5.75 Å². The lowest BCUT2D eigenvalue weighted by Gasteiger charge is -2.21. The Morgan fingerprint density at radius 2 is 1.81 bits per heavy atom. The lowest BCUT2D eigenvalue weighted by atomic mass is 10.2. The molecule has 6 nitrogen and oxygen atoms in total. The van der Waals surface area contributed by atoms with Gasteiger partial charge in [0.25, 0.3) is 5.91 Å². The highest BCUT2D eigenvalue weighted by molar-refractivity contribution is 7.89. The van der Waals surface area contributed by atoms with Crippen molar-refractivity contribution >= 4 is 15.9 Å². The summed E-state index contributed by atoms with van der Waals surface area (Å²) in [4.78, 5) is 11.7.